The second kappa shape index (κ2) is 9.75. The van der Waals surface area contributed by atoms with Crippen molar-refractivity contribution in [3.05, 3.63) is 45.6 Å². The van der Waals surface area contributed by atoms with E-state index in [2.05, 4.69) is 15.1 Å². The summed E-state index contributed by atoms with van der Waals surface area (Å²) in [5.74, 6) is -2.54. The SMILES string of the molecule is [2H]C1([2H])N(C(=O)CCCCc2cc(C(F)(F)F)c(=O)[nH]n2)C([2H])([2H])C([2H])([2H])N(c2ncc(C(F)(F)F)cn2)C1([2H])[2H]. The number of H-pyrrole nitrogens is 1. The number of aromatic nitrogens is 4. The number of aromatic amines is 1. The zero-order chi connectivity index (χ0) is 31.4. The number of nitrogens with one attached hydrogen (secondary N) is 1. The number of amides is 1. The smallest absolute Gasteiger partial charge is 0.339 e. The van der Waals surface area contributed by atoms with E-state index in [1.165, 1.54) is 0 Å². The van der Waals surface area contributed by atoms with E-state index in [-0.39, 0.29) is 47.1 Å². The fourth-order valence-electron chi connectivity index (χ4n) is 2.54. The van der Waals surface area contributed by atoms with E-state index >= 15 is 0 Å². The summed E-state index contributed by atoms with van der Waals surface area (Å²) in [6.07, 6.45) is -10.7. The lowest BCUT2D eigenvalue weighted by atomic mass is 10.1. The van der Waals surface area contributed by atoms with Gasteiger partial charge in [-0.3, -0.25) is 9.59 Å². The molecule has 1 saturated heterocycles. The van der Waals surface area contributed by atoms with Crippen LogP contribution >= 0.6 is 0 Å². The maximum atomic E-state index is 13.0. The molecule has 2 aromatic heterocycles. The standard InChI is InChI=1S/C19H20F6N6O2/c20-18(21,22)12-10-26-17(27-11-12)31-7-5-30(6-8-31)15(32)4-2-1-3-13-9-14(19(23,24)25)16(33)29-28-13/h9-11H,1-8H2,(H,29,33)/i5D2,6D2,7D2,8D2. The van der Waals surface area contributed by atoms with Gasteiger partial charge in [0.15, 0.2) is 0 Å². The Morgan fingerprint density at radius 2 is 1.67 bits per heavy atom. The number of carbonyl (C=O) groups is 1. The molecule has 0 spiro atoms. The second-order valence-corrected chi connectivity index (χ2v) is 6.59. The summed E-state index contributed by atoms with van der Waals surface area (Å²) < 4.78 is 143. The Labute approximate surface area is 194 Å². The largest absolute Gasteiger partial charge is 0.421 e. The summed E-state index contributed by atoms with van der Waals surface area (Å²) in [5, 5.41) is 5.16. The van der Waals surface area contributed by atoms with Gasteiger partial charge in [0.25, 0.3) is 5.56 Å². The Bertz CT molecular complexity index is 1330. The lowest BCUT2D eigenvalue weighted by molar-refractivity contribution is -0.139. The fourth-order valence-corrected chi connectivity index (χ4v) is 2.54. The first-order valence-corrected chi connectivity index (χ1v) is 9.16. The monoisotopic (exact) mass is 486 g/mol. The molecular formula is C19H20F6N6O2. The second-order valence-electron chi connectivity index (χ2n) is 6.59. The van der Waals surface area contributed by atoms with E-state index in [4.69, 9.17) is 11.0 Å². The number of carbonyl (C=O) groups excluding carboxylic acids is 1. The number of hydrogen-bond donors (Lipinski definition) is 1. The third kappa shape index (κ3) is 6.42. The number of aryl methyl sites for hydroxylation is 1. The van der Waals surface area contributed by atoms with Crippen LogP contribution < -0.4 is 10.5 Å². The van der Waals surface area contributed by atoms with Crippen LogP contribution in [0.25, 0.3) is 0 Å². The number of halogens is 6. The molecule has 0 unspecified atom stereocenters. The summed E-state index contributed by atoms with van der Waals surface area (Å²) in [6, 6.07) is 0.504. The zero-order valence-electron chi connectivity index (χ0n) is 24.4. The van der Waals surface area contributed by atoms with Gasteiger partial charge in [-0.15, -0.1) is 0 Å². The van der Waals surface area contributed by atoms with E-state index in [1.54, 1.807) is 5.10 Å². The Kier molecular flexibility index (Phi) is 4.61. The highest BCUT2D eigenvalue weighted by Gasteiger charge is 2.34. The van der Waals surface area contributed by atoms with Gasteiger partial charge in [-0.2, -0.15) is 31.4 Å². The normalized spacial score (nSPS) is 24.8. The third-order valence-electron chi connectivity index (χ3n) is 4.20. The molecular weight excluding hydrogens is 458 g/mol. The van der Waals surface area contributed by atoms with E-state index in [9.17, 15) is 35.9 Å². The van der Waals surface area contributed by atoms with Gasteiger partial charge in [0.2, 0.25) is 11.9 Å². The summed E-state index contributed by atoms with van der Waals surface area (Å²) in [4.78, 5) is 30.3. The molecule has 0 atom stereocenters. The van der Waals surface area contributed by atoms with Gasteiger partial charge in [-0.1, -0.05) is 0 Å². The highest BCUT2D eigenvalue weighted by molar-refractivity contribution is 5.76. The average molecular weight is 486 g/mol. The molecule has 0 aliphatic carbocycles. The molecule has 8 nitrogen and oxygen atoms in total. The Balaban J connectivity index is 1.83. The van der Waals surface area contributed by atoms with Crippen LogP contribution in [0.2, 0.25) is 0 Å². The maximum Gasteiger partial charge on any atom is 0.421 e. The van der Waals surface area contributed by atoms with Crippen LogP contribution in [-0.4, -0.2) is 57.0 Å². The molecule has 1 amide bonds. The van der Waals surface area contributed by atoms with Gasteiger partial charge in [0.05, 0.1) is 22.2 Å². The lowest BCUT2D eigenvalue weighted by Crippen LogP contribution is -2.49. The van der Waals surface area contributed by atoms with Gasteiger partial charge in [0, 0.05) is 44.8 Å². The molecule has 180 valence electrons. The molecule has 1 fully saturated rings. The average Bonchev–Trinajstić information content (AvgIpc) is 2.80. The summed E-state index contributed by atoms with van der Waals surface area (Å²) in [5.41, 5.74) is -4.56. The van der Waals surface area contributed by atoms with Crippen molar-refractivity contribution in [2.75, 3.05) is 30.9 Å². The van der Waals surface area contributed by atoms with Crippen LogP contribution in [0.15, 0.2) is 23.3 Å². The fraction of sp³-hybridized carbons (Fsp3) is 0.526. The minimum Gasteiger partial charge on any atom is -0.339 e. The van der Waals surface area contributed by atoms with Crippen LogP contribution in [0.1, 0.15) is 47.0 Å². The summed E-state index contributed by atoms with van der Waals surface area (Å²) >= 11 is 0. The Morgan fingerprint density at radius 1 is 1.03 bits per heavy atom. The summed E-state index contributed by atoms with van der Waals surface area (Å²) in [7, 11) is 0. The minimum atomic E-state index is -4.95. The first kappa shape index (κ1) is 15.6. The summed E-state index contributed by atoms with van der Waals surface area (Å²) in [6.45, 7) is -14.6. The topological polar surface area (TPSA) is 95.1 Å². The van der Waals surface area contributed by atoms with Crippen LogP contribution in [0.5, 0.6) is 0 Å². The number of alkyl halides is 6. The molecule has 2 aromatic rings. The molecule has 14 heteroatoms. The van der Waals surface area contributed by atoms with Crippen molar-refractivity contribution in [2.24, 2.45) is 0 Å². The molecule has 0 saturated carbocycles. The van der Waals surface area contributed by atoms with Crippen molar-refractivity contribution in [1.29, 1.82) is 0 Å². The lowest BCUT2D eigenvalue weighted by Gasteiger charge is -2.34. The number of rotatable bonds is 6. The van der Waals surface area contributed by atoms with Crippen molar-refractivity contribution in [2.45, 2.75) is 38.0 Å². The minimum absolute atomic E-state index is 0.0762. The third-order valence-corrected chi connectivity index (χ3v) is 4.20. The Morgan fingerprint density at radius 3 is 2.24 bits per heavy atom. The predicted molar refractivity (Wildman–Crippen MR) is 103 cm³/mol. The van der Waals surface area contributed by atoms with Crippen LogP contribution in [0.3, 0.4) is 0 Å². The van der Waals surface area contributed by atoms with Crippen LogP contribution in [-0.2, 0) is 23.6 Å². The van der Waals surface area contributed by atoms with Gasteiger partial charge >= 0.3 is 12.4 Å². The maximum absolute atomic E-state index is 13.0. The van der Waals surface area contributed by atoms with Crippen LogP contribution in [0, 0.1) is 0 Å². The van der Waals surface area contributed by atoms with E-state index in [1.807, 2.05) is 0 Å². The molecule has 3 heterocycles. The van der Waals surface area contributed by atoms with Crippen molar-refractivity contribution in [1.82, 2.24) is 25.1 Å². The quantitative estimate of drug-likeness (QED) is 0.499. The van der Waals surface area contributed by atoms with Crippen molar-refractivity contribution in [3.63, 3.8) is 0 Å². The number of anilines is 1. The van der Waals surface area contributed by atoms with E-state index in [0.717, 1.165) is 0 Å². The predicted octanol–water partition coefficient (Wildman–Crippen LogP) is 2.66. The number of nitrogens with zero attached hydrogens (tertiary/aromatic N) is 5. The van der Waals surface area contributed by atoms with Crippen molar-refractivity contribution >= 4 is 11.9 Å². The van der Waals surface area contributed by atoms with E-state index in [0.29, 0.717) is 6.07 Å². The number of piperazine rings is 1. The first-order valence-electron chi connectivity index (χ1n) is 13.2. The van der Waals surface area contributed by atoms with Gasteiger partial charge < -0.3 is 9.80 Å². The molecule has 1 aliphatic rings. The number of hydrogen-bond acceptors (Lipinski definition) is 6. The number of unbranched alkanes of at least 4 members (excludes halogenated alkanes) is 1. The van der Waals surface area contributed by atoms with Crippen LogP contribution in [0.4, 0.5) is 32.3 Å². The molecule has 33 heavy (non-hydrogen) atoms. The van der Waals surface area contributed by atoms with Crippen molar-refractivity contribution < 1.29 is 42.1 Å². The first-order chi connectivity index (χ1) is 18.5. The molecule has 0 radical (unpaired) electrons. The van der Waals surface area contributed by atoms with Gasteiger partial charge in [0.1, 0.15) is 5.56 Å². The zero-order valence-corrected chi connectivity index (χ0v) is 16.4. The molecule has 1 N–H and O–H groups in total. The molecule has 0 aromatic carbocycles. The molecule has 0 bridgehead atoms. The highest BCUT2D eigenvalue weighted by Crippen LogP contribution is 2.28. The molecule has 3 rings (SSSR count). The van der Waals surface area contributed by atoms with Gasteiger partial charge in [-0.25, -0.2) is 15.1 Å². The van der Waals surface area contributed by atoms with Crippen molar-refractivity contribution in [3.8, 4) is 0 Å². The Hall–Kier alpha value is -3.19. The van der Waals surface area contributed by atoms with Gasteiger partial charge in [-0.05, 0) is 25.3 Å². The van der Waals surface area contributed by atoms with E-state index < -0.39 is 73.3 Å². The molecule has 1 aliphatic heterocycles. The highest BCUT2D eigenvalue weighted by atomic mass is 19.4.